The van der Waals surface area contributed by atoms with Crippen molar-refractivity contribution in [1.29, 1.82) is 0 Å². The first-order chi connectivity index (χ1) is 17.2. The number of hydrogen-bond donors (Lipinski definition) is 3. The summed E-state index contributed by atoms with van der Waals surface area (Å²) < 4.78 is 5.27. The van der Waals surface area contributed by atoms with Crippen LogP contribution in [-0.4, -0.2) is 65.1 Å². The fourth-order valence-corrected chi connectivity index (χ4v) is 3.71. The number of urea groups is 1. The predicted octanol–water partition coefficient (Wildman–Crippen LogP) is 4.01. The number of hydrogen-bond acceptors (Lipinski definition) is 7. The first-order valence-corrected chi connectivity index (χ1v) is 12.0. The van der Waals surface area contributed by atoms with Gasteiger partial charge in [0.25, 0.3) is 5.91 Å². The maximum atomic E-state index is 12.6. The molecule has 190 valence electrons. The molecule has 0 radical (unpaired) electrons. The highest BCUT2D eigenvalue weighted by Gasteiger charge is 2.20. The molecule has 10 heteroatoms. The average molecular weight is 492 g/mol. The van der Waals surface area contributed by atoms with E-state index in [2.05, 4.69) is 42.9 Å². The highest BCUT2D eigenvalue weighted by atomic mass is 16.5. The number of nitrogens with one attached hydrogen (secondary N) is 3. The largest absolute Gasteiger partial charge is 0.359 e. The topological polar surface area (TPSA) is 116 Å². The van der Waals surface area contributed by atoms with Crippen LogP contribution in [0.1, 0.15) is 42.6 Å². The highest BCUT2D eigenvalue weighted by molar-refractivity contribution is 6.03. The van der Waals surface area contributed by atoms with Crippen molar-refractivity contribution in [3.05, 3.63) is 65.7 Å². The number of amides is 3. The number of aromatic nitrogens is 2. The second kappa shape index (κ2) is 10.9. The smallest absolute Gasteiger partial charge is 0.324 e. The molecular formula is C26H33N7O3. The molecule has 0 bridgehead atoms. The number of rotatable bonds is 6. The second-order valence-corrected chi connectivity index (χ2v) is 10.1. The van der Waals surface area contributed by atoms with Crippen LogP contribution in [0.4, 0.5) is 22.0 Å². The molecule has 0 unspecified atom stereocenters. The van der Waals surface area contributed by atoms with Gasteiger partial charge in [0.1, 0.15) is 11.5 Å². The van der Waals surface area contributed by atoms with Crippen LogP contribution in [0.5, 0.6) is 0 Å². The number of nitrogens with zero attached hydrogens (tertiary/aromatic N) is 4. The Balaban J connectivity index is 1.26. The van der Waals surface area contributed by atoms with Gasteiger partial charge < -0.3 is 20.1 Å². The number of benzene rings is 1. The third kappa shape index (κ3) is 6.89. The fourth-order valence-electron chi connectivity index (χ4n) is 3.71. The maximum Gasteiger partial charge on any atom is 0.324 e. The normalized spacial score (nSPS) is 14.9. The molecule has 3 N–H and O–H groups in total. The Kier molecular flexibility index (Phi) is 7.66. The van der Waals surface area contributed by atoms with Gasteiger partial charge >= 0.3 is 6.03 Å². The van der Waals surface area contributed by atoms with Crippen LogP contribution < -0.4 is 16.0 Å². The minimum atomic E-state index is -0.443. The molecule has 3 amide bonds. The lowest BCUT2D eigenvalue weighted by atomic mass is 9.93. The van der Waals surface area contributed by atoms with Crippen LogP contribution in [-0.2, 0) is 12.0 Å². The molecule has 0 atom stereocenters. The van der Waals surface area contributed by atoms with E-state index in [0.29, 0.717) is 28.6 Å². The number of piperazine rings is 1. The predicted molar refractivity (Wildman–Crippen MR) is 139 cm³/mol. The summed E-state index contributed by atoms with van der Waals surface area (Å²) in [6, 6.07) is 11.8. The van der Waals surface area contributed by atoms with E-state index in [1.165, 1.54) is 0 Å². The summed E-state index contributed by atoms with van der Waals surface area (Å²) in [5.74, 6) is 0.723. The van der Waals surface area contributed by atoms with E-state index in [0.717, 1.165) is 38.3 Å². The van der Waals surface area contributed by atoms with Gasteiger partial charge in [0, 0.05) is 61.8 Å². The molecule has 3 aromatic rings. The highest BCUT2D eigenvalue weighted by Crippen LogP contribution is 2.24. The van der Waals surface area contributed by atoms with Crippen LogP contribution in [0, 0.1) is 0 Å². The first kappa shape index (κ1) is 25.3. The van der Waals surface area contributed by atoms with Crippen molar-refractivity contribution < 1.29 is 14.1 Å². The Labute approximate surface area is 211 Å². The lowest BCUT2D eigenvalue weighted by molar-refractivity contribution is 0.102. The Bertz CT molecular complexity index is 1180. The van der Waals surface area contributed by atoms with Crippen LogP contribution >= 0.6 is 0 Å². The molecular weight excluding hydrogens is 458 g/mol. The number of carbonyl (C=O) groups excluding carboxylic acids is 2. The minimum absolute atomic E-state index is 0.203. The molecule has 1 fully saturated rings. The zero-order chi connectivity index (χ0) is 25.7. The second-order valence-electron chi connectivity index (χ2n) is 10.1. The molecule has 36 heavy (non-hydrogen) atoms. The van der Waals surface area contributed by atoms with Gasteiger partial charge in [-0.25, -0.2) is 4.79 Å². The number of pyridine rings is 1. The number of likely N-dealkylation sites (N-methyl/N-ethyl adjacent to an activating group) is 1. The third-order valence-electron chi connectivity index (χ3n) is 5.95. The third-order valence-corrected chi connectivity index (χ3v) is 5.95. The van der Waals surface area contributed by atoms with Crippen LogP contribution in [0.15, 0.2) is 53.2 Å². The van der Waals surface area contributed by atoms with Gasteiger partial charge in [-0.05, 0) is 42.9 Å². The summed E-state index contributed by atoms with van der Waals surface area (Å²) in [5, 5.41) is 12.1. The molecule has 2 aromatic heterocycles. The van der Waals surface area contributed by atoms with Gasteiger partial charge in [-0.3, -0.25) is 20.0 Å². The molecule has 1 aliphatic rings. The molecule has 1 saturated heterocycles. The van der Waals surface area contributed by atoms with E-state index in [4.69, 9.17) is 4.52 Å². The van der Waals surface area contributed by atoms with Gasteiger partial charge in [-0.15, -0.1) is 0 Å². The zero-order valence-corrected chi connectivity index (χ0v) is 21.2. The van der Waals surface area contributed by atoms with Crippen molar-refractivity contribution in [3.8, 4) is 0 Å². The van der Waals surface area contributed by atoms with Crippen molar-refractivity contribution in [2.45, 2.75) is 32.7 Å². The monoisotopic (exact) mass is 491 g/mol. The summed E-state index contributed by atoms with van der Waals surface area (Å²) in [6.07, 6.45) is 1.76. The summed E-state index contributed by atoms with van der Waals surface area (Å²) in [6.45, 7) is 11.0. The van der Waals surface area contributed by atoms with Crippen molar-refractivity contribution in [3.63, 3.8) is 0 Å². The molecule has 1 aliphatic heterocycles. The standard InChI is InChI=1S/C26H33N7O3/c1-26(2,3)22-15-23(31-36-22)30-25(35)29-20-8-6-19(7-9-20)28-24(34)21-10-5-18(16-27-21)17-33-13-11-32(4)12-14-33/h5-10,15-16H,11-14,17H2,1-4H3,(H,28,34)(H2,29,30,31,35). The van der Waals surface area contributed by atoms with Gasteiger partial charge in [0.15, 0.2) is 5.82 Å². The SMILES string of the molecule is CN1CCN(Cc2ccc(C(=O)Nc3ccc(NC(=O)Nc4cc(C(C)(C)C)on4)cc3)nc2)CC1. The molecule has 0 spiro atoms. The van der Waals surface area contributed by atoms with Crippen LogP contribution in [0.25, 0.3) is 0 Å². The van der Waals surface area contributed by atoms with Crippen LogP contribution in [0.3, 0.4) is 0 Å². The maximum absolute atomic E-state index is 12.6. The Morgan fingerprint density at radius 2 is 1.61 bits per heavy atom. The summed E-state index contributed by atoms with van der Waals surface area (Å²) in [5.41, 5.74) is 2.40. The Hall–Kier alpha value is -3.76. The van der Waals surface area contributed by atoms with E-state index >= 15 is 0 Å². The number of anilines is 3. The van der Waals surface area contributed by atoms with E-state index in [1.54, 1.807) is 42.6 Å². The minimum Gasteiger partial charge on any atom is -0.359 e. The Morgan fingerprint density at radius 1 is 0.944 bits per heavy atom. The van der Waals surface area contributed by atoms with Gasteiger partial charge in [0.05, 0.1) is 0 Å². The van der Waals surface area contributed by atoms with E-state index < -0.39 is 6.03 Å². The lowest BCUT2D eigenvalue weighted by Gasteiger charge is -2.32. The van der Waals surface area contributed by atoms with E-state index in [-0.39, 0.29) is 11.3 Å². The van der Waals surface area contributed by atoms with E-state index in [9.17, 15) is 9.59 Å². The number of carbonyl (C=O) groups is 2. The van der Waals surface area contributed by atoms with Crippen molar-refractivity contribution in [2.24, 2.45) is 0 Å². The van der Waals surface area contributed by atoms with Crippen molar-refractivity contribution in [1.82, 2.24) is 19.9 Å². The molecule has 4 rings (SSSR count). The lowest BCUT2D eigenvalue weighted by Crippen LogP contribution is -2.43. The van der Waals surface area contributed by atoms with Gasteiger partial charge in [-0.2, -0.15) is 0 Å². The Morgan fingerprint density at radius 3 is 2.19 bits per heavy atom. The fraction of sp³-hybridized carbons (Fsp3) is 0.385. The summed E-state index contributed by atoms with van der Waals surface area (Å²) >= 11 is 0. The molecule has 10 nitrogen and oxygen atoms in total. The summed E-state index contributed by atoms with van der Waals surface area (Å²) in [7, 11) is 2.13. The van der Waals surface area contributed by atoms with Gasteiger partial charge in [0.2, 0.25) is 0 Å². The average Bonchev–Trinajstić information content (AvgIpc) is 3.31. The quantitative estimate of drug-likeness (QED) is 0.477. The molecule has 0 saturated carbocycles. The van der Waals surface area contributed by atoms with Gasteiger partial charge in [-0.1, -0.05) is 32.0 Å². The molecule has 0 aliphatic carbocycles. The molecule has 1 aromatic carbocycles. The molecule has 3 heterocycles. The van der Waals surface area contributed by atoms with Crippen molar-refractivity contribution >= 4 is 29.1 Å². The first-order valence-electron chi connectivity index (χ1n) is 12.0. The van der Waals surface area contributed by atoms with E-state index in [1.807, 2.05) is 26.8 Å². The van der Waals surface area contributed by atoms with Crippen LogP contribution in [0.2, 0.25) is 0 Å². The zero-order valence-electron chi connectivity index (χ0n) is 21.2. The van der Waals surface area contributed by atoms with Crippen molar-refractivity contribution in [2.75, 3.05) is 49.2 Å². The summed E-state index contributed by atoms with van der Waals surface area (Å²) in [4.78, 5) is 33.9.